The molecule has 2 rings (SSSR count). The van der Waals surface area contributed by atoms with Gasteiger partial charge < -0.3 is 0 Å². The summed E-state index contributed by atoms with van der Waals surface area (Å²) in [5.41, 5.74) is 2.56. The molecule has 2 aromatic rings. The van der Waals surface area contributed by atoms with Crippen LogP contribution in [0, 0.1) is 0 Å². The number of ketones is 1. The molecule has 0 atom stereocenters. The summed E-state index contributed by atoms with van der Waals surface area (Å²) in [6, 6.07) is 9.87. The van der Waals surface area contributed by atoms with Gasteiger partial charge in [-0.05, 0) is 26.0 Å². The van der Waals surface area contributed by atoms with Crippen molar-refractivity contribution < 1.29 is 4.79 Å². The van der Waals surface area contributed by atoms with Crippen LogP contribution in [-0.4, -0.2) is 16.5 Å². The third-order valence-corrected chi connectivity index (χ3v) is 2.40. The van der Waals surface area contributed by atoms with Crippen LogP contribution in [0.2, 0.25) is 0 Å². The number of aliphatic imine (C=N–C) groups is 1. The van der Waals surface area contributed by atoms with Crippen LogP contribution in [-0.2, 0) is 4.79 Å². The van der Waals surface area contributed by atoms with Gasteiger partial charge in [-0.2, -0.15) is 0 Å². The average molecular weight is 226 g/mol. The minimum Gasteiger partial charge on any atom is -0.300 e. The van der Waals surface area contributed by atoms with E-state index in [1.165, 1.54) is 0 Å². The topological polar surface area (TPSA) is 42.3 Å². The first kappa shape index (κ1) is 11.5. The van der Waals surface area contributed by atoms with Gasteiger partial charge in [-0.3, -0.25) is 14.8 Å². The lowest BCUT2D eigenvalue weighted by Gasteiger charge is -2.00. The van der Waals surface area contributed by atoms with Gasteiger partial charge in [0.15, 0.2) is 0 Å². The Bertz CT molecular complexity index is 588. The SMILES string of the molecule is CC(=O)CC(C)=Nc1cnc2ccccc2c1. The Kier molecular flexibility index (Phi) is 3.28. The van der Waals surface area contributed by atoms with Gasteiger partial charge in [-0.1, -0.05) is 18.2 Å². The molecule has 1 aromatic heterocycles. The normalized spacial score (nSPS) is 11.8. The standard InChI is InChI=1S/C14H14N2O/c1-10(7-11(2)17)16-13-8-12-5-3-4-6-14(12)15-9-13/h3-6,8-9H,7H2,1-2H3. The molecule has 17 heavy (non-hydrogen) atoms. The average Bonchev–Trinajstić information content (AvgIpc) is 2.27. The molecule has 3 nitrogen and oxygen atoms in total. The molecule has 0 radical (unpaired) electrons. The third kappa shape index (κ3) is 2.97. The van der Waals surface area contributed by atoms with E-state index in [1.807, 2.05) is 37.3 Å². The van der Waals surface area contributed by atoms with Crippen molar-refractivity contribution >= 4 is 28.1 Å². The fourth-order valence-corrected chi connectivity index (χ4v) is 1.74. The van der Waals surface area contributed by atoms with Crippen LogP contribution in [0.25, 0.3) is 10.9 Å². The highest BCUT2D eigenvalue weighted by Gasteiger charge is 1.99. The molecule has 1 aromatic carbocycles. The van der Waals surface area contributed by atoms with Crippen molar-refractivity contribution in [3.8, 4) is 0 Å². The molecule has 0 fully saturated rings. The van der Waals surface area contributed by atoms with E-state index in [-0.39, 0.29) is 5.78 Å². The highest BCUT2D eigenvalue weighted by Crippen LogP contribution is 2.18. The van der Waals surface area contributed by atoms with Crippen LogP contribution in [0.1, 0.15) is 20.3 Å². The number of fused-ring (bicyclic) bond motifs is 1. The maximum Gasteiger partial charge on any atom is 0.135 e. The number of nitrogens with zero attached hydrogens (tertiary/aromatic N) is 2. The Morgan fingerprint density at radius 1 is 1.29 bits per heavy atom. The number of carbonyl (C=O) groups is 1. The second-order valence-corrected chi connectivity index (χ2v) is 4.11. The van der Waals surface area contributed by atoms with Crippen molar-refractivity contribution in [3.05, 3.63) is 36.5 Å². The van der Waals surface area contributed by atoms with E-state index in [4.69, 9.17) is 0 Å². The van der Waals surface area contributed by atoms with E-state index in [0.29, 0.717) is 6.42 Å². The molecule has 0 unspecified atom stereocenters. The summed E-state index contributed by atoms with van der Waals surface area (Å²) in [7, 11) is 0. The molecule has 86 valence electrons. The van der Waals surface area contributed by atoms with Crippen molar-refractivity contribution in [2.24, 2.45) is 4.99 Å². The van der Waals surface area contributed by atoms with E-state index in [9.17, 15) is 4.79 Å². The largest absolute Gasteiger partial charge is 0.300 e. The van der Waals surface area contributed by atoms with E-state index < -0.39 is 0 Å². The van der Waals surface area contributed by atoms with Crippen LogP contribution in [0.4, 0.5) is 5.69 Å². The van der Waals surface area contributed by atoms with Crippen molar-refractivity contribution in [1.82, 2.24) is 4.98 Å². The highest BCUT2D eigenvalue weighted by molar-refractivity contribution is 6.00. The number of hydrogen-bond donors (Lipinski definition) is 0. The Morgan fingerprint density at radius 3 is 2.82 bits per heavy atom. The van der Waals surface area contributed by atoms with E-state index in [2.05, 4.69) is 9.98 Å². The van der Waals surface area contributed by atoms with Crippen LogP contribution in [0.15, 0.2) is 41.5 Å². The predicted octanol–water partition coefficient (Wildman–Crippen LogP) is 3.31. The third-order valence-electron chi connectivity index (χ3n) is 2.40. The van der Waals surface area contributed by atoms with Crippen LogP contribution in [0.3, 0.4) is 0 Å². The summed E-state index contributed by atoms with van der Waals surface area (Å²) in [5, 5.41) is 1.06. The lowest BCUT2D eigenvalue weighted by Crippen LogP contribution is -1.99. The number of Topliss-reactive ketones (excluding diaryl/α,β-unsaturated/α-hetero) is 1. The summed E-state index contributed by atoms with van der Waals surface area (Å²) in [6.45, 7) is 3.42. The maximum absolute atomic E-state index is 11.0. The van der Waals surface area contributed by atoms with Crippen molar-refractivity contribution in [1.29, 1.82) is 0 Å². The van der Waals surface area contributed by atoms with Gasteiger partial charge in [0.25, 0.3) is 0 Å². The van der Waals surface area contributed by atoms with Crippen molar-refractivity contribution in [2.45, 2.75) is 20.3 Å². The molecule has 0 spiro atoms. The summed E-state index contributed by atoms with van der Waals surface area (Å²) in [6.07, 6.45) is 2.12. The Balaban J connectivity index is 2.33. The highest BCUT2D eigenvalue weighted by atomic mass is 16.1. The van der Waals surface area contributed by atoms with Gasteiger partial charge in [-0.25, -0.2) is 0 Å². The van der Waals surface area contributed by atoms with Gasteiger partial charge >= 0.3 is 0 Å². The van der Waals surface area contributed by atoms with E-state index >= 15 is 0 Å². The van der Waals surface area contributed by atoms with Crippen molar-refractivity contribution in [2.75, 3.05) is 0 Å². The maximum atomic E-state index is 11.0. The zero-order valence-corrected chi connectivity index (χ0v) is 9.97. The number of para-hydroxylation sites is 1. The zero-order chi connectivity index (χ0) is 12.3. The fourth-order valence-electron chi connectivity index (χ4n) is 1.74. The molecular formula is C14H14N2O. The summed E-state index contributed by atoms with van der Waals surface area (Å²) < 4.78 is 0. The molecule has 0 N–H and O–H groups in total. The molecule has 0 bridgehead atoms. The van der Waals surface area contributed by atoms with Crippen LogP contribution in [0.5, 0.6) is 0 Å². The van der Waals surface area contributed by atoms with Gasteiger partial charge in [0, 0.05) is 17.5 Å². The number of hydrogen-bond acceptors (Lipinski definition) is 3. The summed E-state index contributed by atoms with van der Waals surface area (Å²) in [5.74, 6) is 0.125. The minimum atomic E-state index is 0.125. The van der Waals surface area contributed by atoms with Crippen LogP contribution < -0.4 is 0 Å². The van der Waals surface area contributed by atoms with Gasteiger partial charge in [0.05, 0.1) is 17.4 Å². The summed E-state index contributed by atoms with van der Waals surface area (Å²) >= 11 is 0. The molecule has 0 aliphatic rings. The van der Waals surface area contributed by atoms with E-state index in [0.717, 1.165) is 22.3 Å². The predicted molar refractivity (Wildman–Crippen MR) is 69.8 cm³/mol. The molecule has 0 aliphatic carbocycles. The fraction of sp³-hybridized carbons (Fsp3) is 0.214. The molecule has 0 aliphatic heterocycles. The first-order valence-corrected chi connectivity index (χ1v) is 5.53. The molecule has 0 saturated heterocycles. The number of rotatable bonds is 3. The Hall–Kier alpha value is -2.03. The number of aromatic nitrogens is 1. The second kappa shape index (κ2) is 4.87. The van der Waals surface area contributed by atoms with Gasteiger partial charge in [0.2, 0.25) is 0 Å². The molecular weight excluding hydrogens is 212 g/mol. The Morgan fingerprint density at radius 2 is 2.06 bits per heavy atom. The first-order valence-electron chi connectivity index (χ1n) is 5.53. The van der Waals surface area contributed by atoms with Gasteiger partial charge in [-0.15, -0.1) is 0 Å². The van der Waals surface area contributed by atoms with E-state index in [1.54, 1.807) is 13.1 Å². The number of pyridine rings is 1. The minimum absolute atomic E-state index is 0.125. The lowest BCUT2D eigenvalue weighted by atomic mass is 10.2. The zero-order valence-electron chi connectivity index (χ0n) is 9.97. The second-order valence-electron chi connectivity index (χ2n) is 4.11. The Labute approximate surface area is 100 Å². The quantitative estimate of drug-likeness (QED) is 0.753. The molecule has 0 amide bonds. The molecule has 0 saturated carbocycles. The van der Waals surface area contributed by atoms with Crippen molar-refractivity contribution in [3.63, 3.8) is 0 Å². The molecule has 3 heteroatoms. The smallest absolute Gasteiger partial charge is 0.135 e. The number of carbonyl (C=O) groups excluding carboxylic acids is 1. The number of benzene rings is 1. The van der Waals surface area contributed by atoms with Gasteiger partial charge in [0.1, 0.15) is 5.78 Å². The lowest BCUT2D eigenvalue weighted by molar-refractivity contribution is -0.115. The summed E-state index contributed by atoms with van der Waals surface area (Å²) in [4.78, 5) is 19.7. The van der Waals surface area contributed by atoms with Crippen LogP contribution >= 0.6 is 0 Å². The monoisotopic (exact) mass is 226 g/mol. The first-order chi connectivity index (χ1) is 8.15. The molecule has 1 heterocycles.